The average molecular weight is 352 g/mol. The second-order valence-corrected chi connectivity index (χ2v) is 6.09. The summed E-state index contributed by atoms with van der Waals surface area (Å²) >= 11 is 0. The number of hydrogen-bond donors (Lipinski definition) is 1. The molecule has 7 nitrogen and oxygen atoms in total. The molecular formula is C19H20N4O3. The van der Waals surface area contributed by atoms with Gasteiger partial charge in [-0.2, -0.15) is 5.10 Å². The lowest BCUT2D eigenvalue weighted by atomic mass is 10.2. The first kappa shape index (κ1) is 17.6. The van der Waals surface area contributed by atoms with Gasteiger partial charge in [-0.15, -0.1) is 0 Å². The molecule has 1 N–H and O–H groups in total. The van der Waals surface area contributed by atoms with E-state index in [0.29, 0.717) is 23.3 Å². The van der Waals surface area contributed by atoms with Crippen LogP contribution in [0.1, 0.15) is 19.4 Å². The van der Waals surface area contributed by atoms with Crippen molar-refractivity contribution in [2.45, 2.75) is 33.0 Å². The SMILES string of the molecule is CC(C)Oc1ncccc1CNC(=O)Cn1ncc(=O)c2ccccc21. The lowest BCUT2D eigenvalue weighted by Crippen LogP contribution is -2.29. The summed E-state index contributed by atoms with van der Waals surface area (Å²) in [4.78, 5) is 28.4. The number of nitrogens with zero attached hydrogens (tertiary/aromatic N) is 3. The number of carbonyl (C=O) groups excluding carboxylic acids is 1. The van der Waals surface area contributed by atoms with Gasteiger partial charge >= 0.3 is 0 Å². The van der Waals surface area contributed by atoms with Crippen molar-refractivity contribution in [1.82, 2.24) is 20.1 Å². The van der Waals surface area contributed by atoms with Crippen molar-refractivity contribution in [2.24, 2.45) is 0 Å². The Morgan fingerprint density at radius 1 is 1.23 bits per heavy atom. The first-order valence-electron chi connectivity index (χ1n) is 8.36. The second-order valence-electron chi connectivity index (χ2n) is 6.09. The lowest BCUT2D eigenvalue weighted by Gasteiger charge is -2.14. The Kier molecular flexibility index (Phi) is 5.26. The maximum atomic E-state index is 12.3. The highest BCUT2D eigenvalue weighted by atomic mass is 16.5. The maximum absolute atomic E-state index is 12.3. The third-order valence-corrected chi connectivity index (χ3v) is 3.73. The molecule has 0 spiro atoms. The molecular weight excluding hydrogens is 332 g/mol. The molecule has 2 aromatic heterocycles. The number of pyridine rings is 1. The first-order chi connectivity index (χ1) is 12.5. The van der Waals surface area contributed by atoms with E-state index in [1.54, 1.807) is 30.5 Å². The zero-order valence-corrected chi connectivity index (χ0v) is 14.7. The van der Waals surface area contributed by atoms with Crippen molar-refractivity contribution in [3.05, 3.63) is 64.6 Å². The lowest BCUT2D eigenvalue weighted by molar-refractivity contribution is -0.121. The summed E-state index contributed by atoms with van der Waals surface area (Å²) in [6, 6.07) is 10.7. The van der Waals surface area contributed by atoms with Gasteiger partial charge in [-0.3, -0.25) is 14.3 Å². The molecule has 7 heteroatoms. The highest BCUT2D eigenvalue weighted by Crippen LogP contribution is 2.15. The van der Waals surface area contributed by atoms with Gasteiger partial charge in [0, 0.05) is 23.7 Å². The number of hydrogen-bond acceptors (Lipinski definition) is 5. The summed E-state index contributed by atoms with van der Waals surface area (Å²) in [5.41, 5.74) is 1.26. The normalized spacial score (nSPS) is 10.9. The van der Waals surface area contributed by atoms with Crippen LogP contribution < -0.4 is 15.5 Å². The largest absolute Gasteiger partial charge is 0.475 e. The van der Waals surface area contributed by atoms with Gasteiger partial charge in [0.2, 0.25) is 17.2 Å². The highest BCUT2D eigenvalue weighted by molar-refractivity contribution is 5.81. The molecule has 0 unspecified atom stereocenters. The fraction of sp³-hybridized carbons (Fsp3) is 0.263. The Morgan fingerprint density at radius 3 is 2.85 bits per heavy atom. The minimum atomic E-state index is -0.217. The Bertz CT molecular complexity index is 982. The van der Waals surface area contributed by atoms with E-state index in [1.807, 2.05) is 26.0 Å². The number of fused-ring (bicyclic) bond motifs is 1. The van der Waals surface area contributed by atoms with Crippen LogP contribution in [0.3, 0.4) is 0 Å². The van der Waals surface area contributed by atoms with Gasteiger partial charge in [-0.1, -0.05) is 18.2 Å². The maximum Gasteiger partial charge on any atom is 0.242 e. The van der Waals surface area contributed by atoms with E-state index < -0.39 is 0 Å². The van der Waals surface area contributed by atoms with Crippen LogP contribution >= 0.6 is 0 Å². The highest BCUT2D eigenvalue weighted by Gasteiger charge is 2.10. The Labute approximate surface area is 150 Å². The minimum absolute atomic E-state index is 0.00363. The van der Waals surface area contributed by atoms with E-state index in [4.69, 9.17) is 4.74 Å². The van der Waals surface area contributed by atoms with Gasteiger partial charge in [-0.25, -0.2) is 4.98 Å². The van der Waals surface area contributed by atoms with Gasteiger partial charge < -0.3 is 10.1 Å². The molecule has 0 aliphatic carbocycles. The van der Waals surface area contributed by atoms with Crippen LogP contribution in [0.2, 0.25) is 0 Å². The number of amides is 1. The average Bonchev–Trinajstić information content (AvgIpc) is 2.63. The van der Waals surface area contributed by atoms with Crippen molar-refractivity contribution in [3.63, 3.8) is 0 Å². The summed E-state index contributed by atoms with van der Waals surface area (Å²) in [6.45, 7) is 4.16. The molecule has 0 saturated carbocycles. The smallest absolute Gasteiger partial charge is 0.242 e. The third-order valence-electron chi connectivity index (χ3n) is 3.73. The molecule has 26 heavy (non-hydrogen) atoms. The number of benzene rings is 1. The standard InChI is InChI=1S/C19H20N4O3/c1-13(2)26-19-14(6-5-9-20-19)10-21-18(25)12-23-16-8-4-3-7-15(16)17(24)11-22-23/h3-9,11,13H,10,12H2,1-2H3,(H,21,25). The minimum Gasteiger partial charge on any atom is -0.475 e. The number of rotatable bonds is 6. The summed E-state index contributed by atoms with van der Waals surface area (Å²) in [5.74, 6) is 0.292. The molecule has 2 heterocycles. The van der Waals surface area contributed by atoms with Crippen LogP contribution in [0.4, 0.5) is 0 Å². The van der Waals surface area contributed by atoms with Crippen molar-refractivity contribution in [2.75, 3.05) is 0 Å². The van der Waals surface area contributed by atoms with Gasteiger partial charge in [0.1, 0.15) is 6.54 Å². The van der Waals surface area contributed by atoms with Crippen LogP contribution in [-0.4, -0.2) is 26.8 Å². The van der Waals surface area contributed by atoms with E-state index in [9.17, 15) is 9.59 Å². The number of para-hydroxylation sites is 1. The summed E-state index contributed by atoms with van der Waals surface area (Å²) in [7, 11) is 0. The Hall–Kier alpha value is -3.22. The van der Waals surface area contributed by atoms with E-state index >= 15 is 0 Å². The van der Waals surface area contributed by atoms with Crippen LogP contribution in [0, 0.1) is 0 Å². The van der Waals surface area contributed by atoms with Crippen molar-refractivity contribution < 1.29 is 9.53 Å². The quantitative estimate of drug-likeness (QED) is 0.732. The summed E-state index contributed by atoms with van der Waals surface area (Å²) in [6.07, 6.45) is 2.88. The molecule has 134 valence electrons. The molecule has 1 aromatic carbocycles. The van der Waals surface area contributed by atoms with Crippen LogP contribution in [0.25, 0.3) is 10.9 Å². The first-order valence-corrected chi connectivity index (χ1v) is 8.36. The molecule has 0 radical (unpaired) electrons. The van der Waals surface area contributed by atoms with Crippen molar-refractivity contribution >= 4 is 16.8 Å². The number of nitrogens with one attached hydrogen (secondary N) is 1. The second kappa shape index (κ2) is 7.77. The van der Waals surface area contributed by atoms with E-state index in [-0.39, 0.29) is 24.0 Å². The Morgan fingerprint density at radius 2 is 2.04 bits per heavy atom. The van der Waals surface area contributed by atoms with Gasteiger partial charge in [0.05, 0.1) is 17.8 Å². The monoisotopic (exact) mass is 352 g/mol. The molecule has 1 amide bonds. The van der Waals surface area contributed by atoms with Crippen LogP contribution in [0.15, 0.2) is 53.6 Å². The number of aromatic nitrogens is 3. The van der Waals surface area contributed by atoms with Crippen LogP contribution in [0.5, 0.6) is 5.88 Å². The zero-order chi connectivity index (χ0) is 18.5. The molecule has 3 rings (SSSR count). The van der Waals surface area contributed by atoms with E-state index in [0.717, 1.165) is 5.56 Å². The van der Waals surface area contributed by atoms with Crippen molar-refractivity contribution in [3.8, 4) is 5.88 Å². The van der Waals surface area contributed by atoms with Crippen LogP contribution in [-0.2, 0) is 17.9 Å². The molecule has 3 aromatic rings. The molecule has 0 saturated heterocycles. The Balaban J connectivity index is 1.71. The molecule has 0 aliphatic rings. The predicted molar refractivity (Wildman–Crippen MR) is 97.9 cm³/mol. The summed E-state index contributed by atoms with van der Waals surface area (Å²) in [5, 5.41) is 7.44. The predicted octanol–water partition coefficient (Wildman–Crippen LogP) is 1.90. The summed E-state index contributed by atoms with van der Waals surface area (Å²) < 4.78 is 7.17. The fourth-order valence-electron chi connectivity index (χ4n) is 2.56. The molecule has 0 atom stereocenters. The van der Waals surface area contributed by atoms with Gasteiger partial charge in [0.15, 0.2) is 0 Å². The third kappa shape index (κ3) is 4.05. The zero-order valence-electron chi connectivity index (χ0n) is 14.7. The molecule has 0 aliphatic heterocycles. The molecule has 0 bridgehead atoms. The van der Waals surface area contributed by atoms with E-state index in [2.05, 4.69) is 15.4 Å². The van der Waals surface area contributed by atoms with Gasteiger partial charge in [0.25, 0.3) is 0 Å². The fourth-order valence-corrected chi connectivity index (χ4v) is 2.56. The number of carbonyl (C=O) groups is 1. The van der Waals surface area contributed by atoms with Crippen molar-refractivity contribution in [1.29, 1.82) is 0 Å². The molecule has 0 fully saturated rings. The number of ether oxygens (including phenoxy) is 1. The topological polar surface area (TPSA) is 86.1 Å². The van der Waals surface area contributed by atoms with Gasteiger partial charge in [-0.05, 0) is 32.0 Å². The van der Waals surface area contributed by atoms with E-state index in [1.165, 1.54) is 10.9 Å².